The highest BCUT2D eigenvalue weighted by Gasteiger charge is 2.26. The molecule has 3 aromatic rings. The van der Waals surface area contributed by atoms with Gasteiger partial charge in [-0.05, 0) is 32.9 Å². The molecule has 3 aromatic heterocycles. The summed E-state index contributed by atoms with van der Waals surface area (Å²) in [5, 5.41) is -0.638. The number of pyridine rings is 2. The quantitative estimate of drug-likeness (QED) is 0.685. The van der Waals surface area contributed by atoms with Gasteiger partial charge in [-0.15, -0.1) is 0 Å². The zero-order valence-electron chi connectivity index (χ0n) is 14.6. The SMILES string of the molecule is CCOc1cc2ncc(-c3ccc(N)nc3F)n2cc1S(=O)(=O)C(C)C. The Hall–Kier alpha value is -2.68. The second-order valence-corrected chi connectivity index (χ2v) is 8.45. The molecule has 0 unspecified atom stereocenters. The van der Waals surface area contributed by atoms with Gasteiger partial charge < -0.3 is 10.5 Å². The number of sulfone groups is 1. The van der Waals surface area contributed by atoms with Crippen molar-refractivity contribution in [2.45, 2.75) is 30.9 Å². The number of nitrogens with two attached hydrogens (primary N) is 1. The van der Waals surface area contributed by atoms with E-state index >= 15 is 0 Å². The Morgan fingerprint density at radius 3 is 2.69 bits per heavy atom. The van der Waals surface area contributed by atoms with Gasteiger partial charge >= 0.3 is 0 Å². The van der Waals surface area contributed by atoms with Crippen LogP contribution in [0.1, 0.15) is 20.8 Å². The molecular weight excluding hydrogens is 359 g/mol. The molecule has 138 valence electrons. The Labute approximate surface area is 150 Å². The first-order chi connectivity index (χ1) is 12.3. The Bertz CT molecular complexity index is 1080. The molecule has 0 saturated carbocycles. The van der Waals surface area contributed by atoms with E-state index < -0.39 is 21.0 Å². The molecule has 0 atom stereocenters. The largest absolute Gasteiger partial charge is 0.492 e. The van der Waals surface area contributed by atoms with Crippen LogP contribution in [0.4, 0.5) is 10.2 Å². The predicted octanol–water partition coefficient (Wildman–Crippen LogP) is 2.70. The van der Waals surface area contributed by atoms with E-state index in [2.05, 4.69) is 9.97 Å². The molecule has 0 radical (unpaired) electrons. The first kappa shape index (κ1) is 18.1. The molecule has 0 saturated heterocycles. The zero-order chi connectivity index (χ0) is 19.1. The van der Waals surface area contributed by atoms with Crippen LogP contribution < -0.4 is 10.5 Å². The second kappa shape index (κ2) is 6.56. The van der Waals surface area contributed by atoms with E-state index in [4.69, 9.17) is 10.5 Å². The lowest BCUT2D eigenvalue weighted by Gasteiger charge is -2.14. The summed E-state index contributed by atoms with van der Waals surface area (Å²) < 4.78 is 46.7. The number of nitrogens with zero attached hydrogens (tertiary/aromatic N) is 3. The summed E-state index contributed by atoms with van der Waals surface area (Å²) in [5.41, 5.74) is 6.46. The number of rotatable bonds is 5. The average molecular weight is 378 g/mol. The second-order valence-electron chi connectivity index (χ2n) is 5.97. The van der Waals surface area contributed by atoms with E-state index in [0.717, 1.165) is 0 Å². The maximum atomic E-state index is 14.2. The maximum absolute atomic E-state index is 14.2. The number of halogens is 1. The van der Waals surface area contributed by atoms with Crippen LogP contribution in [0.15, 0.2) is 35.5 Å². The summed E-state index contributed by atoms with van der Waals surface area (Å²) >= 11 is 0. The highest BCUT2D eigenvalue weighted by atomic mass is 32.2. The molecular formula is C17H19FN4O3S. The van der Waals surface area contributed by atoms with Crippen LogP contribution in [0.5, 0.6) is 5.75 Å². The number of fused-ring (bicyclic) bond motifs is 1. The third-order valence-electron chi connectivity index (χ3n) is 3.95. The van der Waals surface area contributed by atoms with Crippen molar-refractivity contribution in [3.63, 3.8) is 0 Å². The molecule has 0 amide bonds. The monoisotopic (exact) mass is 378 g/mol. The van der Waals surface area contributed by atoms with Gasteiger partial charge in [-0.3, -0.25) is 4.40 Å². The van der Waals surface area contributed by atoms with Gasteiger partial charge in [-0.25, -0.2) is 18.4 Å². The van der Waals surface area contributed by atoms with Gasteiger partial charge in [0, 0.05) is 12.3 Å². The Kier molecular flexibility index (Phi) is 4.57. The van der Waals surface area contributed by atoms with E-state index in [1.807, 2.05) is 0 Å². The van der Waals surface area contributed by atoms with Crippen molar-refractivity contribution in [1.82, 2.24) is 14.4 Å². The van der Waals surface area contributed by atoms with Crippen LogP contribution in [0.2, 0.25) is 0 Å². The lowest BCUT2D eigenvalue weighted by atomic mass is 10.2. The van der Waals surface area contributed by atoms with Crippen molar-refractivity contribution in [2.75, 3.05) is 12.3 Å². The standard InChI is InChI=1S/C17H19FN4O3S/c1-4-25-13-7-16-20-8-12(11-5-6-15(19)21-17(11)18)22(16)9-14(13)26(23,24)10(2)3/h5-10H,4H2,1-3H3,(H2,19,21). The van der Waals surface area contributed by atoms with E-state index in [0.29, 0.717) is 17.9 Å². The molecule has 0 spiro atoms. The number of aromatic nitrogens is 3. The van der Waals surface area contributed by atoms with Crippen LogP contribution >= 0.6 is 0 Å². The van der Waals surface area contributed by atoms with Gasteiger partial charge in [0.1, 0.15) is 22.1 Å². The third kappa shape index (κ3) is 2.98. The van der Waals surface area contributed by atoms with Crippen LogP contribution in [0.3, 0.4) is 0 Å². The van der Waals surface area contributed by atoms with Crippen LogP contribution in [0, 0.1) is 5.95 Å². The van der Waals surface area contributed by atoms with E-state index in [-0.39, 0.29) is 22.0 Å². The van der Waals surface area contributed by atoms with Gasteiger partial charge in [-0.1, -0.05) is 0 Å². The summed E-state index contributed by atoms with van der Waals surface area (Å²) in [7, 11) is -3.62. The van der Waals surface area contributed by atoms with Gasteiger partial charge in [0.2, 0.25) is 5.95 Å². The molecule has 0 aliphatic rings. The normalized spacial score (nSPS) is 12.0. The fourth-order valence-corrected chi connectivity index (χ4v) is 3.72. The third-order valence-corrected chi connectivity index (χ3v) is 6.11. The molecule has 0 aliphatic carbocycles. The number of anilines is 1. The zero-order valence-corrected chi connectivity index (χ0v) is 15.4. The Morgan fingerprint density at radius 2 is 2.08 bits per heavy atom. The van der Waals surface area contributed by atoms with Crippen molar-refractivity contribution in [3.05, 3.63) is 36.5 Å². The lowest BCUT2D eigenvalue weighted by molar-refractivity contribution is 0.330. The summed E-state index contributed by atoms with van der Waals surface area (Å²) in [6.07, 6.45) is 2.86. The fraction of sp³-hybridized carbons (Fsp3) is 0.294. The molecule has 3 heterocycles. The number of hydrogen-bond acceptors (Lipinski definition) is 6. The molecule has 2 N–H and O–H groups in total. The van der Waals surface area contributed by atoms with Crippen molar-refractivity contribution < 1.29 is 17.5 Å². The Morgan fingerprint density at radius 1 is 1.35 bits per heavy atom. The Balaban J connectivity index is 2.30. The van der Waals surface area contributed by atoms with E-state index in [1.165, 1.54) is 35.0 Å². The first-order valence-corrected chi connectivity index (χ1v) is 9.60. The van der Waals surface area contributed by atoms with Crippen molar-refractivity contribution in [1.29, 1.82) is 0 Å². The minimum atomic E-state index is -3.62. The number of imidazole rings is 1. The molecule has 0 bridgehead atoms. The minimum Gasteiger partial charge on any atom is -0.492 e. The number of ether oxygens (including phenoxy) is 1. The van der Waals surface area contributed by atoms with Crippen LogP contribution in [0.25, 0.3) is 16.9 Å². The molecule has 3 rings (SSSR count). The van der Waals surface area contributed by atoms with Crippen molar-refractivity contribution in [3.8, 4) is 17.0 Å². The van der Waals surface area contributed by atoms with Gasteiger partial charge in [0.25, 0.3) is 0 Å². The lowest BCUT2D eigenvalue weighted by Crippen LogP contribution is -2.16. The van der Waals surface area contributed by atoms with Crippen molar-refractivity contribution in [2.24, 2.45) is 0 Å². The number of nitrogen functional groups attached to an aromatic ring is 1. The fourth-order valence-electron chi connectivity index (χ4n) is 2.56. The topological polar surface area (TPSA) is 99.6 Å². The summed E-state index contributed by atoms with van der Waals surface area (Å²) in [6.45, 7) is 5.25. The molecule has 26 heavy (non-hydrogen) atoms. The smallest absolute Gasteiger partial charge is 0.224 e. The van der Waals surface area contributed by atoms with Gasteiger partial charge in [-0.2, -0.15) is 4.39 Å². The molecule has 0 aliphatic heterocycles. The van der Waals surface area contributed by atoms with E-state index in [9.17, 15) is 12.8 Å². The van der Waals surface area contributed by atoms with E-state index in [1.54, 1.807) is 20.8 Å². The molecule has 9 heteroatoms. The minimum absolute atomic E-state index is 0.0323. The maximum Gasteiger partial charge on any atom is 0.224 e. The van der Waals surface area contributed by atoms with Crippen LogP contribution in [-0.2, 0) is 9.84 Å². The molecule has 0 fully saturated rings. The van der Waals surface area contributed by atoms with Crippen LogP contribution in [-0.4, -0.2) is 34.6 Å². The van der Waals surface area contributed by atoms with Gasteiger partial charge in [0.15, 0.2) is 9.84 Å². The number of hydrogen-bond donors (Lipinski definition) is 1. The highest BCUT2D eigenvalue weighted by molar-refractivity contribution is 7.92. The highest BCUT2D eigenvalue weighted by Crippen LogP contribution is 2.32. The molecule has 7 nitrogen and oxygen atoms in total. The van der Waals surface area contributed by atoms with Crippen molar-refractivity contribution >= 4 is 21.3 Å². The molecule has 0 aromatic carbocycles. The summed E-state index contributed by atoms with van der Waals surface area (Å²) in [5.74, 6) is -0.475. The summed E-state index contributed by atoms with van der Waals surface area (Å²) in [4.78, 5) is 7.87. The predicted molar refractivity (Wildman–Crippen MR) is 96.3 cm³/mol. The van der Waals surface area contributed by atoms with Gasteiger partial charge in [0.05, 0.1) is 29.3 Å². The first-order valence-electron chi connectivity index (χ1n) is 8.06. The summed E-state index contributed by atoms with van der Waals surface area (Å²) in [6, 6.07) is 4.48. The average Bonchev–Trinajstić information content (AvgIpc) is 2.97.